The van der Waals surface area contributed by atoms with Crippen LogP contribution < -0.4 is 20.7 Å². The molecule has 0 spiro atoms. The summed E-state index contributed by atoms with van der Waals surface area (Å²) in [4.78, 5) is 0. The monoisotopic (exact) mass is 196 g/mol. The van der Waals surface area contributed by atoms with E-state index in [9.17, 15) is 0 Å². The zero-order valence-electron chi connectivity index (χ0n) is 8.54. The molecule has 0 amide bonds. The highest BCUT2D eigenvalue weighted by molar-refractivity contribution is 5.38. The summed E-state index contributed by atoms with van der Waals surface area (Å²) in [5.41, 5.74) is 3.75. The summed E-state index contributed by atoms with van der Waals surface area (Å²) in [5, 5.41) is 0. The van der Waals surface area contributed by atoms with Gasteiger partial charge in [-0.3, -0.25) is 11.3 Å². The third-order valence-electron chi connectivity index (χ3n) is 1.97. The molecule has 1 aromatic rings. The minimum Gasteiger partial charge on any atom is -0.497 e. The van der Waals surface area contributed by atoms with Crippen molar-refractivity contribution in [3.8, 4) is 11.5 Å². The summed E-state index contributed by atoms with van der Waals surface area (Å²) in [6.45, 7) is 0.732. The second-order valence-electron chi connectivity index (χ2n) is 2.93. The van der Waals surface area contributed by atoms with Crippen molar-refractivity contribution in [1.29, 1.82) is 0 Å². The van der Waals surface area contributed by atoms with Crippen LogP contribution in [0.3, 0.4) is 0 Å². The van der Waals surface area contributed by atoms with Gasteiger partial charge in [-0.05, 0) is 24.1 Å². The van der Waals surface area contributed by atoms with Crippen LogP contribution in [-0.4, -0.2) is 20.8 Å². The predicted octanol–water partition coefficient (Wildman–Crippen LogP) is 0.710. The maximum absolute atomic E-state index is 5.20. The fourth-order valence-electron chi connectivity index (χ4n) is 1.23. The van der Waals surface area contributed by atoms with Crippen molar-refractivity contribution in [2.24, 2.45) is 5.84 Å². The van der Waals surface area contributed by atoms with Crippen LogP contribution in [0.2, 0.25) is 0 Å². The van der Waals surface area contributed by atoms with E-state index in [1.165, 1.54) is 0 Å². The fourth-order valence-corrected chi connectivity index (χ4v) is 1.23. The maximum atomic E-state index is 5.20. The fraction of sp³-hybridized carbons (Fsp3) is 0.400. The van der Waals surface area contributed by atoms with Crippen LogP contribution in [0.1, 0.15) is 5.56 Å². The van der Waals surface area contributed by atoms with Gasteiger partial charge in [0.05, 0.1) is 14.2 Å². The van der Waals surface area contributed by atoms with E-state index in [1.54, 1.807) is 14.2 Å². The van der Waals surface area contributed by atoms with Crippen LogP contribution in [0.5, 0.6) is 11.5 Å². The third kappa shape index (κ3) is 2.90. The highest BCUT2D eigenvalue weighted by Crippen LogP contribution is 2.22. The first-order valence-electron chi connectivity index (χ1n) is 4.45. The highest BCUT2D eigenvalue weighted by atomic mass is 16.5. The van der Waals surface area contributed by atoms with Gasteiger partial charge in [-0.25, -0.2) is 0 Å². The van der Waals surface area contributed by atoms with Crippen LogP contribution >= 0.6 is 0 Å². The van der Waals surface area contributed by atoms with Crippen LogP contribution in [0, 0.1) is 0 Å². The molecule has 0 atom stereocenters. The van der Waals surface area contributed by atoms with Crippen molar-refractivity contribution < 1.29 is 9.47 Å². The number of methoxy groups -OCH3 is 2. The summed E-state index contributed by atoms with van der Waals surface area (Å²) in [5.74, 6) is 6.81. The first kappa shape index (κ1) is 10.8. The molecular weight excluding hydrogens is 180 g/mol. The van der Waals surface area contributed by atoms with E-state index < -0.39 is 0 Å². The Kier molecular flexibility index (Phi) is 4.22. The van der Waals surface area contributed by atoms with Crippen LogP contribution in [-0.2, 0) is 6.42 Å². The SMILES string of the molecule is COc1cc(CCNN)cc(OC)c1. The largest absolute Gasteiger partial charge is 0.497 e. The molecule has 4 nitrogen and oxygen atoms in total. The van der Waals surface area contributed by atoms with Crippen LogP contribution in [0.4, 0.5) is 0 Å². The number of nitrogens with two attached hydrogens (primary N) is 1. The molecule has 0 saturated carbocycles. The Morgan fingerprint density at radius 2 is 1.71 bits per heavy atom. The number of nitrogens with one attached hydrogen (secondary N) is 1. The molecule has 14 heavy (non-hydrogen) atoms. The van der Waals surface area contributed by atoms with E-state index in [4.69, 9.17) is 15.3 Å². The van der Waals surface area contributed by atoms with Gasteiger partial charge in [-0.2, -0.15) is 0 Å². The lowest BCUT2D eigenvalue weighted by atomic mass is 10.1. The van der Waals surface area contributed by atoms with Gasteiger partial charge in [0.25, 0.3) is 0 Å². The van der Waals surface area contributed by atoms with E-state index in [0.29, 0.717) is 0 Å². The second kappa shape index (κ2) is 5.47. The van der Waals surface area contributed by atoms with E-state index in [0.717, 1.165) is 30.0 Å². The summed E-state index contributed by atoms with van der Waals surface area (Å²) < 4.78 is 10.3. The van der Waals surface area contributed by atoms with Gasteiger partial charge in [-0.15, -0.1) is 0 Å². The van der Waals surface area contributed by atoms with Crippen LogP contribution in [0.25, 0.3) is 0 Å². The van der Waals surface area contributed by atoms with Gasteiger partial charge in [0.15, 0.2) is 0 Å². The molecule has 0 aliphatic rings. The molecule has 0 radical (unpaired) electrons. The normalized spacial score (nSPS) is 9.93. The van der Waals surface area contributed by atoms with E-state index in [2.05, 4.69) is 5.43 Å². The van der Waals surface area contributed by atoms with E-state index >= 15 is 0 Å². The minimum absolute atomic E-state index is 0.732. The Morgan fingerprint density at radius 3 is 2.14 bits per heavy atom. The Hall–Kier alpha value is -1.26. The highest BCUT2D eigenvalue weighted by Gasteiger charge is 2.00. The van der Waals surface area contributed by atoms with Gasteiger partial charge < -0.3 is 9.47 Å². The quantitative estimate of drug-likeness (QED) is 0.538. The Balaban J connectivity index is 2.81. The smallest absolute Gasteiger partial charge is 0.122 e. The third-order valence-corrected chi connectivity index (χ3v) is 1.97. The van der Waals surface area contributed by atoms with E-state index in [-0.39, 0.29) is 0 Å². The van der Waals surface area contributed by atoms with Crippen molar-refractivity contribution in [3.63, 3.8) is 0 Å². The lowest BCUT2D eigenvalue weighted by molar-refractivity contribution is 0.393. The molecule has 0 unspecified atom stereocenters. The number of hydrogen-bond acceptors (Lipinski definition) is 4. The maximum Gasteiger partial charge on any atom is 0.122 e. The molecular formula is C10H16N2O2. The number of rotatable bonds is 5. The lowest BCUT2D eigenvalue weighted by Crippen LogP contribution is -2.24. The number of hydrogen-bond donors (Lipinski definition) is 2. The molecule has 1 rings (SSSR count). The van der Waals surface area contributed by atoms with E-state index in [1.807, 2.05) is 18.2 Å². The zero-order chi connectivity index (χ0) is 10.4. The topological polar surface area (TPSA) is 56.5 Å². The first-order chi connectivity index (χ1) is 6.80. The molecule has 0 aliphatic carbocycles. The van der Waals surface area contributed by atoms with Gasteiger partial charge >= 0.3 is 0 Å². The summed E-state index contributed by atoms with van der Waals surface area (Å²) >= 11 is 0. The first-order valence-corrected chi connectivity index (χ1v) is 4.45. The van der Waals surface area contributed by atoms with Crippen molar-refractivity contribution in [3.05, 3.63) is 23.8 Å². The molecule has 0 aromatic heterocycles. The second-order valence-corrected chi connectivity index (χ2v) is 2.93. The van der Waals surface area contributed by atoms with Crippen molar-refractivity contribution in [2.75, 3.05) is 20.8 Å². The Bertz CT molecular complexity index is 267. The average molecular weight is 196 g/mol. The summed E-state index contributed by atoms with van der Waals surface area (Å²) in [6.07, 6.45) is 0.851. The zero-order valence-corrected chi connectivity index (χ0v) is 8.54. The molecule has 78 valence electrons. The molecule has 3 N–H and O–H groups in total. The molecule has 0 aliphatic heterocycles. The van der Waals surface area contributed by atoms with Gasteiger partial charge in [0.1, 0.15) is 11.5 Å². The van der Waals surface area contributed by atoms with Crippen molar-refractivity contribution in [1.82, 2.24) is 5.43 Å². The molecule has 1 aromatic carbocycles. The summed E-state index contributed by atoms with van der Waals surface area (Å²) in [6, 6.07) is 5.79. The van der Waals surface area contributed by atoms with Gasteiger partial charge in [-0.1, -0.05) is 0 Å². The summed E-state index contributed by atoms with van der Waals surface area (Å²) in [7, 11) is 3.28. The molecule has 0 bridgehead atoms. The standard InChI is InChI=1S/C10H16N2O2/c1-13-9-5-8(3-4-12-11)6-10(7-9)14-2/h5-7,12H,3-4,11H2,1-2H3. The minimum atomic E-state index is 0.732. The molecule has 0 fully saturated rings. The van der Waals surface area contributed by atoms with Gasteiger partial charge in [0, 0.05) is 12.6 Å². The number of hydrazine groups is 1. The average Bonchev–Trinajstić information content (AvgIpc) is 2.25. The number of ether oxygens (including phenoxy) is 2. The molecule has 4 heteroatoms. The Morgan fingerprint density at radius 1 is 1.14 bits per heavy atom. The van der Waals surface area contributed by atoms with Gasteiger partial charge in [0.2, 0.25) is 0 Å². The Labute approximate surface area is 84.0 Å². The molecule has 0 heterocycles. The van der Waals surface area contributed by atoms with Crippen molar-refractivity contribution >= 4 is 0 Å². The molecule has 0 saturated heterocycles. The lowest BCUT2D eigenvalue weighted by Gasteiger charge is -2.07. The predicted molar refractivity (Wildman–Crippen MR) is 55.4 cm³/mol. The van der Waals surface area contributed by atoms with Crippen molar-refractivity contribution in [2.45, 2.75) is 6.42 Å². The van der Waals surface area contributed by atoms with Crippen LogP contribution in [0.15, 0.2) is 18.2 Å². The number of benzene rings is 1.